The van der Waals surface area contributed by atoms with Crippen molar-refractivity contribution in [2.24, 2.45) is 0 Å². The van der Waals surface area contributed by atoms with Crippen LogP contribution in [0.1, 0.15) is 25.1 Å². The summed E-state index contributed by atoms with van der Waals surface area (Å²) >= 11 is 0. The minimum Gasteiger partial charge on any atom is -0.491 e. The highest BCUT2D eigenvalue weighted by Gasteiger charge is 2.10. The van der Waals surface area contributed by atoms with Crippen LogP contribution in [0.5, 0.6) is 5.75 Å². The van der Waals surface area contributed by atoms with Gasteiger partial charge in [0.25, 0.3) is 0 Å². The molecule has 1 N–H and O–H groups in total. The highest BCUT2D eigenvalue weighted by Crippen LogP contribution is 2.18. The average molecular weight is 350 g/mol. The molecule has 26 heavy (non-hydrogen) atoms. The molecule has 0 unspecified atom stereocenters. The summed E-state index contributed by atoms with van der Waals surface area (Å²) in [7, 11) is 0. The monoisotopic (exact) mass is 350 g/mol. The maximum absolute atomic E-state index is 12.1. The van der Waals surface area contributed by atoms with E-state index in [2.05, 4.69) is 10.3 Å². The van der Waals surface area contributed by atoms with Crippen LogP contribution in [0.4, 0.5) is 0 Å². The SMILES string of the molecule is CC(C)Oc1ccc(CNC(=O)Cc2coc(-c3ccccc3)n2)cc1. The Kier molecular flexibility index (Phi) is 5.69. The number of carbonyl (C=O) groups is 1. The van der Waals surface area contributed by atoms with Crippen molar-refractivity contribution in [3.63, 3.8) is 0 Å². The van der Waals surface area contributed by atoms with Crippen molar-refractivity contribution in [1.29, 1.82) is 0 Å². The molecule has 0 atom stereocenters. The summed E-state index contributed by atoms with van der Waals surface area (Å²) in [6.45, 7) is 4.44. The van der Waals surface area contributed by atoms with E-state index >= 15 is 0 Å². The summed E-state index contributed by atoms with van der Waals surface area (Å²) < 4.78 is 11.1. The molecule has 0 radical (unpaired) electrons. The molecule has 0 aliphatic heterocycles. The van der Waals surface area contributed by atoms with Crippen LogP contribution in [0.2, 0.25) is 0 Å². The van der Waals surface area contributed by atoms with Crippen LogP contribution in [0.15, 0.2) is 65.3 Å². The minimum atomic E-state index is -0.0968. The summed E-state index contributed by atoms with van der Waals surface area (Å²) in [5.41, 5.74) is 2.52. The fourth-order valence-corrected chi connectivity index (χ4v) is 2.49. The molecule has 0 bridgehead atoms. The zero-order chi connectivity index (χ0) is 18.4. The molecule has 0 aliphatic rings. The molecule has 1 aromatic heterocycles. The second-order valence-corrected chi connectivity index (χ2v) is 6.27. The molecule has 0 spiro atoms. The lowest BCUT2D eigenvalue weighted by atomic mass is 10.2. The number of hydrogen-bond donors (Lipinski definition) is 1. The molecule has 1 amide bonds. The van der Waals surface area contributed by atoms with Gasteiger partial charge in [0, 0.05) is 12.1 Å². The fraction of sp³-hybridized carbons (Fsp3) is 0.238. The first kappa shape index (κ1) is 17.7. The van der Waals surface area contributed by atoms with Gasteiger partial charge >= 0.3 is 0 Å². The molecule has 5 heteroatoms. The average Bonchev–Trinajstić information content (AvgIpc) is 3.10. The van der Waals surface area contributed by atoms with Gasteiger partial charge in [-0.05, 0) is 43.7 Å². The van der Waals surface area contributed by atoms with E-state index in [1.165, 1.54) is 6.26 Å². The molecule has 3 aromatic rings. The van der Waals surface area contributed by atoms with Crippen LogP contribution in [0, 0.1) is 0 Å². The van der Waals surface area contributed by atoms with E-state index in [1.54, 1.807) is 0 Å². The van der Waals surface area contributed by atoms with E-state index in [0.717, 1.165) is 16.9 Å². The van der Waals surface area contributed by atoms with Crippen molar-refractivity contribution in [3.05, 3.63) is 72.1 Å². The summed E-state index contributed by atoms with van der Waals surface area (Å²) in [4.78, 5) is 16.5. The Labute approximate surface area is 153 Å². The van der Waals surface area contributed by atoms with Crippen molar-refractivity contribution in [3.8, 4) is 17.2 Å². The van der Waals surface area contributed by atoms with Crippen LogP contribution in [0.3, 0.4) is 0 Å². The van der Waals surface area contributed by atoms with Crippen molar-refractivity contribution < 1.29 is 13.9 Å². The van der Waals surface area contributed by atoms with Crippen molar-refractivity contribution in [1.82, 2.24) is 10.3 Å². The number of aromatic nitrogens is 1. The third-order valence-corrected chi connectivity index (χ3v) is 3.70. The molecule has 0 aliphatic carbocycles. The van der Waals surface area contributed by atoms with Crippen molar-refractivity contribution in [2.45, 2.75) is 32.9 Å². The van der Waals surface area contributed by atoms with Gasteiger partial charge in [-0.15, -0.1) is 0 Å². The van der Waals surface area contributed by atoms with Crippen molar-refractivity contribution >= 4 is 5.91 Å². The smallest absolute Gasteiger partial charge is 0.226 e. The number of ether oxygens (including phenoxy) is 1. The highest BCUT2D eigenvalue weighted by molar-refractivity contribution is 5.78. The standard InChI is InChI=1S/C21H22N2O3/c1-15(2)26-19-10-8-16(9-11-19)13-22-20(24)12-18-14-25-21(23-18)17-6-4-3-5-7-17/h3-11,14-15H,12-13H2,1-2H3,(H,22,24). The Morgan fingerprint density at radius 2 is 1.85 bits per heavy atom. The predicted molar refractivity (Wildman–Crippen MR) is 99.7 cm³/mol. The van der Waals surface area contributed by atoms with E-state index in [9.17, 15) is 4.79 Å². The number of rotatable bonds is 7. The van der Waals surface area contributed by atoms with E-state index in [4.69, 9.17) is 9.15 Å². The lowest BCUT2D eigenvalue weighted by Gasteiger charge is -2.10. The van der Waals surface area contributed by atoms with Gasteiger partial charge in [-0.1, -0.05) is 30.3 Å². The van der Waals surface area contributed by atoms with E-state index < -0.39 is 0 Å². The first-order valence-electron chi connectivity index (χ1n) is 8.62. The zero-order valence-corrected chi connectivity index (χ0v) is 14.9. The Balaban J connectivity index is 1.51. The summed E-state index contributed by atoms with van der Waals surface area (Å²) in [6.07, 6.45) is 1.86. The third kappa shape index (κ3) is 4.96. The van der Waals surface area contributed by atoms with E-state index in [0.29, 0.717) is 18.1 Å². The minimum absolute atomic E-state index is 0.0968. The molecule has 0 saturated heterocycles. The molecule has 5 nitrogen and oxygen atoms in total. The quantitative estimate of drug-likeness (QED) is 0.700. The lowest BCUT2D eigenvalue weighted by Crippen LogP contribution is -2.24. The Bertz CT molecular complexity index is 839. The molecule has 0 fully saturated rings. The second-order valence-electron chi connectivity index (χ2n) is 6.27. The summed E-state index contributed by atoms with van der Waals surface area (Å²) in [5, 5.41) is 2.90. The van der Waals surface area contributed by atoms with Crippen LogP contribution < -0.4 is 10.1 Å². The molecular formula is C21H22N2O3. The van der Waals surface area contributed by atoms with Crippen molar-refractivity contribution in [2.75, 3.05) is 0 Å². The number of hydrogen-bond acceptors (Lipinski definition) is 4. The lowest BCUT2D eigenvalue weighted by molar-refractivity contribution is -0.120. The first-order chi connectivity index (χ1) is 12.6. The van der Waals surface area contributed by atoms with Crippen LogP contribution in [0.25, 0.3) is 11.5 Å². The number of nitrogens with zero attached hydrogens (tertiary/aromatic N) is 1. The normalized spacial score (nSPS) is 10.7. The number of oxazole rings is 1. The molecule has 134 valence electrons. The van der Waals surface area contributed by atoms with Gasteiger partial charge in [0.15, 0.2) is 0 Å². The largest absolute Gasteiger partial charge is 0.491 e. The molecule has 2 aromatic carbocycles. The maximum atomic E-state index is 12.1. The highest BCUT2D eigenvalue weighted by atomic mass is 16.5. The fourth-order valence-electron chi connectivity index (χ4n) is 2.49. The van der Waals surface area contributed by atoms with Gasteiger partial charge in [0.2, 0.25) is 11.8 Å². The zero-order valence-electron chi connectivity index (χ0n) is 14.9. The Morgan fingerprint density at radius 1 is 1.12 bits per heavy atom. The second kappa shape index (κ2) is 8.34. The van der Waals surface area contributed by atoms with Gasteiger partial charge < -0.3 is 14.5 Å². The predicted octanol–water partition coefficient (Wildman–Crippen LogP) is 3.99. The van der Waals surface area contributed by atoms with Gasteiger partial charge in [-0.2, -0.15) is 0 Å². The number of benzene rings is 2. The maximum Gasteiger partial charge on any atom is 0.226 e. The van der Waals surface area contributed by atoms with Crippen LogP contribution >= 0.6 is 0 Å². The van der Waals surface area contributed by atoms with Crippen LogP contribution in [-0.2, 0) is 17.8 Å². The summed E-state index contributed by atoms with van der Waals surface area (Å²) in [5.74, 6) is 1.25. The van der Waals surface area contributed by atoms with Crippen LogP contribution in [-0.4, -0.2) is 17.0 Å². The molecular weight excluding hydrogens is 328 g/mol. The van der Waals surface area contributed by atoms with Gasteiger partial charge in [0.1, 0.15) is 12.0 Å². The number of nitrogens with one attached hydrogen (secondary N) is 1. The Morgan fingerprint density at radius 3 is 2.54 bits per heavy atom. The molecule has 1 heterocycles. The third-order valence-electron chi connectivity index (χ3n) is 3.70. The van der Waals surface area contributed by atoms with Gasteiger partial charge in [-0.3, -0.25) is 4.79 Å². The number of amides is 1. The Hall–Kier alpha value is -3.08. The molecule has 0 saturated carbocycles. The van der Waals surface area contributed by atoms with Gasteiger partial charge in [0.05, 0.1) is 18.2 Å². The first-order valence-corrected chi connectivity index (χ1v) is 8.62. The molecule has 3 rings (SSSR count). The van der Waals surface area contributed by atoms with Gasteiger partial charge in [-0.25, -0.2) is 4.98 Å². The van der Waals surface area contributed by atoms with E-state index in [-0.39, 0.29) is 18.4 Å². The summed E-state index contributed by atoms with van der Waals surface area (Å²) in [6, 6.07) is 17.3. The topological polar surface area (TPSA) is 64.4 Å². The number of carbonyl (C=O) groups excluding carboxylic acids is 1. The van der Waals surface area contributed by atoms with E-state index in [1.807, 2.05) is 68.4 Å².